The number of carbonyl (C=O) groups excluding carboxylic acids is 1. The average Bonchev–Trinajstić information content (AvgIpc) is 3.43. The normalized spacial score (nSPS) is 19.7. The Kier molecular flexibility index (Phi) is 5.31. The second kappa shape index (κ2) is 8.24. The SMILES string of the molecule is C[C@@H](C(=O)NCc1ccc2c(c1)OCO2)N1CCC[C@H](c2nc3ccccc3s2)C1. The molecule has 0 radical (unpaired) electrons. The lowest BCUT2D eigenvalue weighted by atomic mass is 9.97. The van der Waals surface area contributed by atoms with Gasteiger partial charge in [0.25, 0.3) is 0 Å². The van der Waals surface area contributed by atoms with Crippen molar-refractivity contribution in [1.29, 1.82) is 0 Å². The molecule has 7 heteroatoms. The van der Waals surface area contributed by atoms with Crippen molar-refractivity contribution in [3.63, 3.8) is 0 Å². The van der Waals surface area contributed by atoms with Gasteiger partial charge in [0.2, 0.25) is 12.7 Å². The zero-order chi connectivity index (χ0) is 20.5. The second-order valence-electron chi connectivity index (χ2n) is 7.94. The van der Waals surface area contributed by atoms with E-state index in [0.717, 1.165) is 48.5 Å². The molecule has 3 aromatic rings. The van der Waals surface area contributed by atoms with Crippen LogP contribution in [0.4, 0.5) is 0 Å². The van der Waals surface area contributed by atoms with Gasteiger partial charge < -0.3 is 14.8 Å². The number of rotatable bonds is 5. The van der Waals surface area contributed by atoms with Crippen molar-refractivity contribution >= 4 is 27.5 Å². The molecule has 5 rings (SSSR count). The van der Waals surface area contributed by atoms with E-state index in [2.05, 4.69) is 28.4 Å². The van der Waals surface area contributed by atoms with Crippen LogP contribution in [0.3, 0.4) is 0 Å². The van der Waals surface area contributed by atoms with Gasteiger partial charge in [-0.25, -0.2) is 4.98 Å². The highest BCUT2D eigenvalue weighted by Gasteiger charge is 2.29. The van der Waals surface area contributed by atoms with Gasteiger partial charge in [0.05, 0.1) is 21.3 Å². The first kappa shape index (κ1) is 19.3. The van der Waals surface area contributed by atoms with Gasteiger partial charge in [-0.3, -0.25) is 9.69 Å². The van der Waals surface area contributed by atoms with E-state index in [1.165, 1.54) is 9.71 Å². The van der Waals surface area contributed by atoms with Crippen molar-refractivity contribution < 1.29 is 14.3 Å². The molecule has 156 valence electrons. The first-order chi connectivity index (χ1) is 14.7. The van der Waals surface area contributed by atoms with E-state index in [1.54, 1.807) is 11.3 Å². The Hall–Kier alpha value is -2.64. The molecular weight excluding hydrogens is 398 g/mol. The Bertz CT molecular complexity index is 1030. The van der Waals surface area contributed by atoms with Crippen molar-refractivity contribution in [2.24, 2.45) is 0 Å². The number of carbonyl (C=O) groups is 1. The summed E-state index contributed by atoms with van der Waals surface area (Å²) in [5.74, 6) is 1.94. The van der Waals surface area contributed by atoms with Crippen molar-refractivity contribution in [2.45, 2.75) is 38.3 Å². The summed E-state index contributed by atoms with van der Waals surface area (Å²) in [4.78, 5) is 19.9. The van der Waals surface area contributed by atoms with Gasteiger partial charge in [0.1, 0.15) is 0 Å². The lowest BCUT2D eigenvalue weighted by molar-refractivity contribution is -0.126. The van der Waals surface area contributed by atoms with Gasteiger partial charge in [0, 0.05) is 19.0 Å². The number of piperidine rings is 1. The zero-order valence-corrected chi connectivity index (χ0v) is 17.8. The number of para-hydroxylation sites is 1. The van der Waals surface area contributed by atoms with Gasteiger partial charge in [-0.1, -0.05) is 18.2 Å². The van der Waals surface area contributed by atoms with Gasteiger partial charge >= 0.3 is 0 Å². The van der Waals surface area contributed by atoms with E-state index >= 15 is 0 Å². The maximum absolute atomic E-state index is 12.8. The van der Waals surface area contributed by atoms with Gasteiger partial charge in [-0.15, -0.1) is 11.3 Å². The Morgan fingerprint density at radius 1 is 1.27 bits per heavy atom. The molecule has 0 spiro atoms. The summed E-state index contributed by atoms with van der Waals surface area (Å²) in [7, 11) is 0. The molecule has 0 bridgehead atoms. The standard InChI is InChI=1S/C23H25N3O3S/c1-15(22(27)24-12-16-8-9-19-20(11-16)29-14-28-19)26-10-4-5-17(13-26)23-25-18-6-2-3-7-21(18)30-23/h2-3,6-9,11,15,17H,4-5,10,12-14H2,1H3,(H,24,27)/t15-,17-/m0/s1. The van der Waals surface area contributed by atoms with Gasteiger partial charge in [-0.05, 0) is 56.1 Å². The zero-order valence-electron chi connectivity index (χ0n) is 17.0. The largest absolute Gasteiger partial charge is 0.454 e. The van der Waals surface area contributed by atoms with E-state index in [4.69, 9.17) is 14.5 Å². The number of fused-ring (bicyclic) bond motifs is 2. The van der Waals surface area contributed by atoms with Crippen LogP contribution in [0.2, 0.25) is 0 Å². The number of nitrogens with one attached hydrogen (secondary N) is 1. The van der Waals surface area contributed by atoms with E-state index in [0.29, 0.717) is 12.5 Å². The molecule has 30 heavy (non-hydrogen) atoms. The number of aromatic nitrogens is 1. The third-order valence-electron chi connectivity index (χ3n) is 5.94. The predicted octanol–water partition coefficient (Wildman–Crippen LogP) is 3.91. The molecule has 1 amide bonds. The van der Waals surface area contributed by atoms with E-state index in [9.17, 15) is 4.79 Å². The Morgan fingerprint density at radius 3 is 3.03 bits per heavy atom. The molecule has 2 aromatic carbocycles. The molecule has 0 unspecified atom stereocenters. The maximum atomic E-state index is 12.8. The molecule has 1 aromatic heterocycles. The number of likely N-dealkylation sites (tertiary alicyclic amines) is 1. The highest BCUT2D eigenvalue weighted by molar-refractivity contribution is 7.18. The number of thiazole rings is 1. The van der Waals surface area contributed by atoms with Crippen LogP contribution in [0.5, 0.6) is 11.5 Å². The predicted molar refractivity (Wildman–Crippen MR) is 117 cm³/mol. The summed E-state index contributed by atoms with van der Waals surface area (Å²) < 4.78 is 12.0. The third kappa shape index (κ3) is 3.87. The van der Waals surface area contributed by atoms with Crippen molar-refractivity contribution in [3.05, 3.63) is 53.0 Å². The lowest BCUT2D eigenvalue weighted by Crippen LogP contribution is -2.48. The number of nitrogens with zero attached hydrogens (tertiary/aromatic N) is 2. The molecule has 0 saturated carbocycles. The fourth-order valence-corrected chi connectivity index (χ4v) is 5.27. The van der Waals surface area contributed by atoms with Crippen LogP contribution in [0.15, 0.2) is 42.5 Å². The minimum Gasteiger partial charge on any atom is -0.454 e. The van der Waals surface area contributed by atoms with Crippen molar-refractivity contribution in [1.82, 2.24) is 15.2 Å². The Labute approximate surface area is 179 Å². The van der Waals surface area contributed by atoms with E-state index < -0.39 is 0 Å². The monoisotopic (exact) mass is 423 g/mol. The number of ether oxygens (including phenoxy) is 2. The molecule has 6 nitrogen and oxygen atoms in total. The Morgan fingerprint density at radius 2 is 2.13 bits per heavy atom. The molecule has 1 saturated heterocycles. The third-order valence-corrected chi connectivity index (χ3v) is 7.14. The number of hydrogen-bond donors (Lipinski definition) is 1. The number of amides is 1. The first-order valence-corrected chi connectivity index (χ1v) is 11.2. The summed E-state index contributed by atoms with van der Waals surface area (Å²) in [6.07, 6.45) is 2.21. The molecule has 2 atom stereocenters. The Balaban J connectivity index is 1.20. The minimum atomic E-state index is -0.170. The highest BCUT2D eigenvalue weighted by atomic mass is 32.1. The second-order valence-corrected chi connectivity index (χ2v) is 9.00. The van der Waals surface area contributed by atoms with Crippen molar-refractivity contribution in [3.8, 4) is 11.5 Å². The van der Waals surface area contributed by atoms with Crippen LogP contribution in [-0.4, -0.2) is 41.7 Å². The van der Waals surface area contributed by atoms with Crippen LogP contribution in [0, 0.1) is 0 Å². The molecule has 0 aliphatic carbocycles. The molecule has 2 aliphatic heterocycles. The fourth-order valence-electron chi connectivity index (χ4n) is 4.18. The van der Waals surface area contributed by atoms with Gasteiger partial charge in [0.15, 0.2) is 11.5 Å². The molecule has 1 fully saturated rings. The minimum absolute atomic E-state index is 0.0533. The molecular formula is C23H25N3O3S. The van der Waals surface area contributed by atoms with Crippen LogP contribution in [0.1, 0.15) is 36.3 Å². The first-order valence-electron chi connectivity index (χ1n) is 10.4. The number of benzene rings is 2. The maximum Gasteiger partial charge on any atom is 0.237 e. The highest BCUT2D eigenvalue weighted by Crippen LogP contribution is 2.34. The summed E-state index contributed by atoms with van der Waals surface area (Å²) >= 11 is 1.78. The van der Waals surface area contributed by atoms with Crippen LogP contribution in [-0.2, 0) is 11.3 Å². The average molecular weight is 424 g/mol. The molecule has 3 heterocycles. The molecule has 1 N–H and O–H groups in total. The quantitative estimate of drug-likeness (QED) is 0.674. The topological polar surface area (TPSA) is 63.7 Å². The van der Waals surface area contributed by atoms with Crippen molar-refractivity contribution in [2.75, 3.05) is 19.9 Å². The summed E-state index contributed by atoms with van der Waals surface area (Å²) in [6, 6.07) is 13.9. The summed E-state index contributed by atoms with van der Waals surface area (Å²) in [5, 5.41) is 4.26. The van der Waals surface area contributed by atoms with Crippen LogP contribution < -0.4 is 14.8 Å². The number of hydrogen-bond acceptors (Lipinski definition) is 6. The lowest BCUT2D eigenvalue weighted by Gasteiger charge is -2.35. The van der Waals surface area contributed by atoms with E-state index in [-0.39, 0.29) is 18.7 Å². The summed E-state index contributed by atoms with van der Waals surface area (Å²) in [6.45, 7) is 4.55. The van der Waals surface area contributed by atoms with Crippen LogP contribution in [0.25, 0.3) is 10.2 Å². The van der Waals surface area contributed by atoms with E-state index in [1.807, 2.05) is 31.2 Å². The smallest absolute Gasteiger partial charge is 0.237 e. The fraction of sp³-hybridized carbons (Fsp3) is 0.391. The molecule has 2 aliphatic rings. The van der Waals surface area contributed by atoms with Crippen LogP contribution >= 0.6 is 11.3 Å². The summed E-state index contributed by atoms with van der Waals surface area (Å²) in [5.41, 5.74) is 2.08. The van der Waals surface area contributed by atoms with Gasteiger partial charge in [-0.2, -0.15) is 0 Å².